The van der Waals surface area contributed by atoms with Gasteiger partial charge in [0.15, 0.2) is 0 Å². The second kappa shape index (κ2) is 8.19. The number of carboxylic acid groups (broad SMARTS) is 1. The Hall–Kier alpha value is -1.14. The van der Waals surface area contributed by atoms with E-state index < -0.39 is 30.2 Å². The minimum atomic E-state index is -1.26. The predicted molar refractivity (Wildman–Crippen MR) is 53.7 cm³/mol. The Morgan fingerprint density at radius 2 is 1.93 bits per heavy atom. The summed E-state index contributed by atoms with van der Waals surface area (Å²) in [7, 11) is 0. The molecular weight excluding hydrogens is 226 g/mol. The molecule has 1 atom stereocenters. The van der Waals surface area contributed by atoms with E-state index >= 15 is 0 Å². The van der Waals surface area contributed by atoms with Crippen LogP contribution >= 0.6 is 12.4 Å². The maximum atomic E-state index is 11.0. The number of hydrogen-bond donors (Lipinski definition) is 2. The number of esters is 1. The molecule has 3 N–H and O–H groups in total. The fourth-order valence-electron chi connectivity index (χ4n) is 0.778. The zero-order chi connectivity index (χ0) is 11.1. The zero-order valence-electron chi connectivity index (χ0n) is 8.26. The van der Waals surface area contributed by atoms with Gasteiger partial charge in [0.05, 0.1) is 6.61 Å². The maximum absolute atomic E-state index is 11.0. The Balaban J connectivity index is 0. The number of Topliss-reactive ketones (excluding diaryl/α,β-unsaturated/α-hetero) is 1. The molecule has 88 valence electrons. The Morgan fingerprint density at radius 3 is 2.33 bits per heavy atom. The van der Waals surface area contributed by atoms with E-state index in [9.17, 15) is 14.4 Å². The van der Waals surface area contributed by atoms with Crippen LogP contribution in [0.25, 0.3) is 0 Å². The molecule has 0 saturated heterocycles. The van der Waals surface area contributed by atoms with Gasteiger partial charge in [-0.15, -0.1) is 12.4 Å². The molecule has 0 amide bonds. The molecule has 0 bridgehead atoms. The van der Waals surface area contributed by atoms with Crippen LogP contribution in [0.5, 0.6) is 0 Å². The minimum absolute atomic E-state index is 0. The molecule has 0 aliphatic rings. The summed E-state index contributed by atoms with van der Waals surface area (Å²) in [6.07, 6.45) is -0.775. The molecule has 0 unspecified atom stereocenters. The summed E-state index contributed by atoms with van der Waals surface area (Å²) in [6, 6.07) is -1.25. The molecule has 0 fully saturated rings. The highest BCUT2D eigenvalue weighted by molar-refractivity contribution is 5.97. The molecular formula is C8H14ClNO5. The topological polar surface area (TPSA) is 107 Å². The summed E-state index contributed by atoms with van der Waals surface area (Å²) in [4.78, 5) is 32.0. The van der Waals surface area contributed by atoms with Crippen LogP contribution in [0.15, 0.2) is 0 Å². The molecule has 0 spiro atoms. The van der Waals surface area contributed by atoms with Gasteiger partial charge in [0, 0.05) is 6.42 Å². The third kappa shape index (κ3) is 7.90. The lowest BCUT2D eigenvalue weighted by atomic mass is 10.1. The molecule has 0 heterocycles. The Kier molecular flexibility index (Phi) is 8.90. The van der Waals surface area contributed by atoms with Gasteiger partial charge in [-0.1, -0.05) is 0 Å². The van der Waals surface area contributed by atoms with Crippen molar-refractivity contribution in [3.63, 3.8) is 0 Å². The molecule has 0 saturated carbocycles. The first-order valence-corrected chi connectivity index (χ1v) is 4.13. The van der Waals surface area contributed by atoms with E-state index in [-0.39, 0.29) is 25.4 Å². The van der Waals surface area contributed by atoms with E-state index in [2.05, 4.69) is 4.74 Å². The van der Waals surface area contributed by atoms with E-state index in [4.69, 9.17) is 10.8 Å². The van der Waals surface area contributed by atoms with E-state index in [1.54, 1.807) is 6.92 Å². The standard InChI is InChI=1S/C8H13NO5.ClH/c1-2-14-7(11)4-5(10)3-6(9)8(12)13;/h6H,2-4,9H2,1H3,(H,12,13);1H/t6-;/m0./s1. The number of aliphatic carboxylic acids is 1. The Morgan fingerprint density at radius 1 is 1.40 bits per heavy atom. The van der Waals surface area contributed by atoms with Crippen LogP contribution in [0.3, 0.4) is 0 Å². The highest BCUT2D eigenvalue weighted by Crippen LogP contribution is 1.96. The summed E-state index contributed by atoms with van der Waals surface area (Å²) >= 11 is 0. The van der Waals surface area contributed by atoms with Gasteiger partial charge in [0.1, 0.15) is 18.2 Å². The zero-order valence-corrected chi connectivity index (χ0v) is 9.08. The molecule has 15 heavy (non-hydrogen) atoms. The Bertz CT molecular complexity index is 243. The number of nitrogens with two attached hydrogens (primary N) is 1. The van der Waals surface area contributed by atoms with Gasteiger partial charge in [-0.3, -0.25) is 14.4 Å². The number of hydrogen-bond acceptors (Lipinski definition) is 5. The third-order valence-electron chi connectivity index (χ3n) is 1.41. The number of rotatable bonds is 6. The lowest BCUT2D eigenvalue weighted by molar-refractivity contribution is -0.147. The van der Waals surface area contributed by atoms with Crippen LogP contribution in [-0.4, -0.2) is 35.5 Å². The van der Waals surface area contributed by atoms with Crippen molar-refractivity contribution in [2.24, 2.45) is 5.73 Å². The monoisotopic (exact) mass is 239 g/mol. The van der Waals surface area contributed by atoms with Crippen LogP contribution in [0, 0.1) is 0 Å². The summed E-state index contributed by atoms with van der Waals surface area (Å²) in [5.74, 6) is -2.45. The Labute approximate surface area is 93.2 Å². The average Bonchev–Trinajstić information content (AvgIpc) is 2.03. The SMILES string of the molecule is CCOC(=O)CC(=O)C[C@H](N)C(=O)O.Cl. The third-order valence-corrected chi connectivity index (χ3v) is 1.41. The van der Waals surface area contributed by atoms with Crippen LogP contribution in [-0.2, 0) is 19.1 Å². The van der Waals surface area contributed by atoms with Crippen LogP contribution < -0.4 is 5.73 Å². The second-order valence-electron chi connectivity index (χ2n) is 2.67. The van der Waals surface area contributed by atoms with Gasteiger partial charge in [0.2, 0.25) is 0 Å². The van der Waals surface area contributed by atoms with Crippen molar-refractivity contribution in [1.82, 2.24) is 0 Å². The van der Waals surface area contributed by atoms with Gasteiger partial charge in [0.25, 0.3) is 0 Å². The fraction of sp³-hybridized carbons (Fsp3) is 0.625. The van der Waals surface area contributed by atoms with Crippen LogP contribution in [0.4, 0.5) is 0 Å². The van der Waals surface area contributed by atoms with Crippen molar-refractivity contribution in [3.05, 3.63) is 0 Å². The van der Waals surface area contributed by atoms with E-state index in [1.807, 2.05) is 0 Å². The molecule has 0 aromatic carbocycles. The van der Waals surface area contributed by atoms with Gasteiger partial charge >= 0.3 is 11.9 Å². The van der Waals surface area contributed by atoms with Crippen molar-refractivity contribution in [3.8, 4) is 0 Å². The molecule has 0 aromatic rings. The average molecular weight is 240 g/mol. The lowest BCUT2D eigenvalue weighted by Crippen LogP contribution is -2.33. The van der Waals surface area contributed by atoms with Gasteiger partial charge in [-0.05, 0) is 6.92 Å². The van der Waals surface area contributed by atoms with Crippen molar-refractivity contribution in [2.75, 3.05) is 6.61 Å². The first-order valence-electron chi connectivity index (χ1n) is 4.13. The number of ketones is 1. The van der Waals surface area contributed by atoms with E-state index in [0.717, 1.165) is 0 Å². The highest BCUT2D eigenvalue weighted by atomic mass is 35.5. The number of halogens is 1. The molecule has 0 aliphatic carbocycles. The minimum Gasteiger partial charge on any atom is -0.480 e. The first kappa shape index (κ1) is 16.3. The van der Waals surface area contributed by atoms with Crippen molar-refractivity contribution in [1.29, 1.82) is 0 Å². The normalized spacial score (nSPS) is 11.1. The van der Waals surface area contributed by atoms with Crippen LogP contribution in [0.2, 0.25) is 0 Å². The smallest absolute Gasteiger partial charge is 0.320 e. The van der Waals surface area contributed by atoms with E-state index in [1.165, 1.54) is 0 Å². The first-order chi connectivity index (χ1) is 6.47. The number of ether oxygens (including phenoxy) is 1. The number of carbonyl (C=O) groups excluding carboxylic acids is 2. The quantitative estimate of drug-likeness (QED) is 0.488. The molecule has 0 radical (unpaired) electrons. The van der Waals surface area contributed by atoms with E-state index in [0.29, 0.717) is 0 Å². The summed E-state index contributed by atoms with van der Waals surface area (Å²) in [6.45, 7) is 1.81. The second-order valence-corrected chi connectivity index (χ2v) is 2.67. The molecule has 6 nitrogen and oxygen atoms in total. The fourth-order valence-corrected chi connectivity index (χ4v) is 0.778. The molecule has 0 aromatic heterocycles. The largest absolute Gasteiger partial charge is 0.480 e. The maximum Gasteiger partial charge on any atom is 0.320 e. The lowest BCUT2D eigenvalue weighted by Gasteiger charge is -2.04. The van der Waals surface area contributed by atoms with Crippen molar-refractivity contribution in [2.45, 2.75) is 25.8 Å². The van der Waals surface area contributed by atoms with Gasteiger partial charge in [-0.2, -0.15) is 0 Å². The molecule has 0 rings (SSSR count). The number of carbonyl (C=O) groups is 3. The summed E-state index contributed by atoms with van der Waals surface area (Å²) in [5.41, 5.74) is 5.09. The number of carboxylic acids is 1. The molecule has 7 heteroatoms. The summed E-state index contributed by atoms with van der Waals surface area (Å²) in [5, 5.41) is 8.37. The van der Waals surface area contributed by atoms with Crippen molar-refractivity contribution < 1.29 is 24.2 Å². The van der Waals surface area contributed by atoms with Gasteiger partial charge < -0.3 is 15.6 Å². The highest BCUT2D eigenvalue weighted by Gasteiger charge is 2.18. The van der Waals surface area contributed by atoms with Crippen LogP contribution in [0.1, 0.15) is 19.8 Å². The predicted octanol–water partition coefficient (Wildman–Crippen LogP) is -0.267. The molecule has 0 aliphatic heterocycles. The van der Waals surface area contributed by atoms with Crippen molar-refractivity contribution >= 4 is 30.1 Å². The summed E-state index contributed by atoms with van der Waals surface area (Å²) < 4.78 is 4.51. The van der Waals surface area contributed by atoms with Gasteiger partial charge in [-0.25, -0.2) is 0 Å².